The van der Waals surface area contributed by atoms with Crippen molar-refractivity contribution in [1.82, 2.24) is 4.90 Å². The molecule has 1 rings (SSSR count). The summed E-state index contributed by atoms with van der Waals surface area (Å²) >= 11 is 0. The minimum Gasteiger partial charge on any atom is -0.480 e. The molecule has 17 heavy (non-hydrogen) atoms. The van der Waals surface area contributed by atoms with E-state index < -0.39 is 10.9 Å². The van der Waals surface area contributed by atoms with Crippen molar-refractivity contribution in [1.29, 1.82) is 0 Å². The zero-order valence-corrected chi connectivity index (χ0v) is 9.50. The predicted octanol–water partition coefficient (Wildman–Crippen LogP) is 1.50. The van der Waals surface area contributed by atoms with Crippen LogP contribution in [0, 0.1) is 10.1 Å². The van der Waals surface area contributed by atoms with Crippen LogP contribution in [0.4, 0.5) is 5.69 Å². The standard InChI is InChI=1S/C11H14N2O4/c1-2-12(8-11(14)15)7-9-5-3-4-6-10(9)13(16)17/h3-6H,2,7-8H2,1H3,(H,14,15). The van der Waals surface area contributed by atoms with Gasteiger partial charge < -0.3 is 5.11 Å². The summed E-state index contributed by atoms with van der Waals surface area (Å²) < 4.78 is 0. The van der Waals surface area contributed by atoms with Gasteiger partial charge in [0.15, 0.2) is 0 Å². The second kappa shape index (κ2) is 5.95. The summed E-state index contributed by atoms with van der Waals surface area (Å²) in [6.07, 6.45) is 0. The molecule has 1 aromatic carbocycles. The lowest BCUT2D eigenvalue weighted by molar-refractivity contribution is -0.385. The largest absolute Gasteiger partial charge is 0.480 e. The van der Waals surface area contributed by atoms with Crippen molar-refractivity contribution in [2.45, 2.75) is 13.5 Å². The lowest BCUT2D eigenvalue weighted by Crippen LogP contribution is -2.29. The molecule has 0 fully saturated rings. The molecular formula is C11H14N2O4. The number of carbonyl (C=O) groups is 1. The summed E-state index contributed by atoms with van der Waals surface area (Å²) in [6, 6.07) is 6.36. The van der Waals surface area contributed by atoms with Gasteiger partial charge in [-0.3, -0.25) is 19.8 Å². The molecule has 1 aromatic rings. The highest BCUT2D eigenvalue weighted by atomic mass is 16.6. The number of para-hydroxylation sites is 1. The Bertz CT molecular complexity index is 420. The van der Waals surface area contributed by atoms with Crippen molar-refractivity contribution < 1.29 is 14.8 Å². The third kappa shape index (κ3) is 3.84. The number of hydrogen-bond acceptors (Lipinski definition) is 4. The fourth-order valence-corrected chi connectivity index (χ4v) is 1.53. The summed E-state index contributed by atoms with van der Waals surface area (Å²) in [6.45, 7) is 2.48. The van der Waals surface area contributed by atoms with E-state index >= 15 is 0 Å². The van der Waals surface area contributed by atoms with Gasteiger partial charge in [-0.05, 0) is 6.54 Å². The van der Waals surface area contributed by atoms with Gasteiger partial charge in [0.05, 0.1) is 11.5 Å². The summed E-state index contributed by atoms with van der Waals surface area (Å²) in [5.74, 6) is -0.939. The topological polar surface area (TPSA) is 83.7 Å². The monoisotopic (exact) mass is 238 g/mol. The van der Waals surface area contributed by atoms with Crippen LogP contribution in [0.2, 0.25) is 0 Å². The molecular weight excluding hydrogens is 224 g/mol. The zero-order valence-electron chi connectivity index (χ0n) is 9.50. The Kier molecular flexibility index (Phi) is 4.59. The van der Waals surface area contributed by atoms with E-state index in [2.05, 4.69) is 0 Å². The van der Waals surface area contributed by atoms with Crippen molar-refractivity contribution in [3.05, 3.63) is 39.9 Å². The zero-order chi connectivity index (χ0) is 12.8. The molecule has 6 heteroatoms. The molecule has 0 aromatic heterocycles. The SMILES string of the molecule is CCN(CC(=O)O)Cc1ccccc1[N+](=O)[O-]. The van der Waals surface area contributed by atoms with Crippen molar-refractivity contribution in [2.24, 2.45) is 0 Å². The highest BCUT2D eigenvalue weighted by Crippen LogP contribution is 2.19. The summed E-state index contributed by atoms with van der Waals surface area (Å²) in [5, 5.41) is 19.5. The number of likely N-dealkylation sites (N-methyl/N-ethyl adjacent to an activating group) is 1. The van der Waals surface area contributed by atoms with Crippen molar-refractivity contribution in [2.75, 3.05) is 13.1 Å². The first-order valence-corrected chi connectivity index (χ1v) is 5.21. The van der Waals surface area contributed by atoms with Crippen LogP contribution in [0.15, 0.2) is 24.3 Å². The van der Waals surface area contributed by atoms with Crippen molar-refractivity contribution in [3.63, 3.8) is 0 Å². The number of benzene rings is 1. The smallest absolute Gasteiger partial charge is 0.317 e. The number of rotatable bonds is 6. The van der Waals surface area contributed by atoms with Crippen LogP contribution < -0.4 is 0 Å². The maximum absolute atomic E-state index is 10.8. The van der Waals surface area contributed by atoms with E-state index in [1.54, 1.807) is 23.1 Å². The number of carboxylic acids is 1. The Labute approximate surface area is 98.6 Å². The molecule has 0 aliphatic carbocycles. The molecule has 0 unspecified atom stereocenters. The number of nitro benzene ring substituents is 1. The Morgan fingerprint density at radius 3 is 2.65 bits per heavy atom. The molecule has 0 aliphatic heterocycles. The van der Waals surface area contributed by atoms with Crippen LogP contribution in [-0.2, 0) is 11.3 Å². The Hall–Kier alpha value is -1.95. The third-order valence-corrected chi connectivity index (χ3v) is 2.39. The van der Waals surface area contributed by atoms with Crippen molar-refractivity contribution in [3.8, 4) is 0 Å². The number of aliphatic carboxylic acids is 1. The van der Waals surface area contributed by atoms with Gasteiger partial charge in [-0.15, -0.1) is 0 Å². The first-order valence-electron chi connectivity index (χ1n) is 5.21. The molecule has 0 bridgehead atoms. The molecule has 1 N–H and O–H groups in total. The average molecular weight is 238 g/mol. The lowest BCUT2D eigenvalue weighted by Gasteiger charge is -2.17. The van der Waals surface area contributed by atoms with E-state index in [-0.39, 0.29) is 18.8 Å². The van der Waals surface area contributed by atoms with Gasteiger partial charge in [0.2, 0.25) is 0 Å². The normalized spacial score (nSPS) is 10.5. The van der Waals surface area contributed by atoms with Gasteiger partial charge >= 0.3 is 5.97 Å². The van der Waals surface area contributed by atoms with Gasteiger partial charge in [-0.25, -0.2) is 0 Å². The minimum absolute atomic E-state index is 0.0244. The fraction of sp³-hybridized carbons (Fsp3) is 0.364. The fourth-order valence-electron chi connectivity index (χ4n) is 1.53. The Balaban J connectivity index is 2.85. The molecule has 0 heterocycles. The van der Waals surface area contributed by atoms with Gasteiger partial charge in [0.1, 0.15) is 0 Å². The Morgan fingerprint density at radius 2 is 2.12 bits per heavy atom. The van der Waals surface area contributed by atoms with Crippen LogP contribution in [0.25, 0.3) is 0 Å². The number of nitrogens with zero attached hydrogens (tertiary/aromatic N) is 2. The van der Waals surface area contributed by atoms with Crippen LogP contribution in [0.1, 0.15) is 12.5 Å². The van der Waals surface area contributed by atoms with E-state index in [0.29, 0.717) is 12.1 Å². The first kappa shape index (κ1) is 13.1. The number of nitro groups is 1. The average Bonchev–Trinajstić information content (AvgIpc) is 2.28. The highest BCUT2D eigenvalue weighted by molar-refractivity contribution is 5.69. The number of hydrogen-bond donors (Lipinski definition) is 1. The molecule has 0 radical (unpaired) electrons. The van der Waals surface area contributed by atoms with E-state index in [9.17, 15) is 14.9 Å². The van der Waals surface area contributed by atoms with E-state index in [1.165, 1.54) is 6.07 Å². The quantitative estimate of drug-likeness (QED) is 0.599. The molecule has 0 spiro atoms. The lowest BCUT2D eigenvalue weighted by atomic mass is 10.1. The second-order valence-electron chi connectivity index (χ2n) is 3.58. The minimum atomic E-state index is -0.939. The maximum Gasteiger partial charge on any atom is 0.317 e. The number of carboxylic acid groups (broad SMARTS) is 1. The molecule has 0 atom stereocenters. The molecule has 0 amide bonds. The van der Waals surface area contributed by atoms with Gasteiger partial charge in [-0.1, -0.05) is 25.1 Å². The van der Waals surface area contributed by atoms with Gasteiger partial charge in [-0.2, -0.15) is 0 Å². The van der Waals surface area contributed by atoms with E-state index in [0.717, 1.165) is 0 Å². The van der Waals surface area contributed by atoms with Crippen LogP contribution in [0.5, 0.6) is 0 Å². The maximum atomic E-state index is 10.8. The first-order chi connectivity index (χ1) is 8.04. The highest BCUT2D eigenvalue weighted by Gasteiger charge is 2.16. The summed E-state index contributed by atoms with van der Waals surface area (Å²) in [4.78, 5) is 22.6. The van der Waals surface area contributed by atoms with Crippen LogP contribution in [0.3, 0.4) is 0 Å². The van der Waals surface area contributed by atoms with Crippen molar-refractivity contribution >= 4 is 11.7 Å². The molecule has 0 saturated carbocycles. The van der Waals surface area contributed by atoms with E-state index in [1.807, 2.05) is 6.92 Å². The second-order valence-corrected chi connectivity index (χ2v) is 3.58. The summed E-state index contributed by atoms with van der Waals surface area (Å²) in [5.41, 5.74) is 0.553. The van der Waals surface area contributed by atoms with Gasteiger partial charge in [0.25, 0.3) is 5.69 Å². The van der Waals surface area contributed by atoms with Gasteiger partial charge in [0, 0.05) is 18.2 Å². The van der Waals surface area contributed by atoms with E-state index in [4.69, 9.17) is 5.11 Å². The van der Waals surface area contributed by atoms with Crippen LogP contribution in [-0.4, -0.2) is 34.0 Å². The molecule has 92 valence electrons. The molecule has 6 nitrogen and oxygen atoms in total. The van der Waals surface area contributed by atoms with Crippen LogP contribution >= 0.6 is 0 Å². The Morgan fingerprint density at radius 1 is 1.47 bits per heavy atom. The summed E-state index contributed by atoms with van der Waals surface area (Å²) in [7, 11) is 0. The predicted molar refractivity (Wildman–Crippen MR) is 61.7 cm³/mol. The molecule has 0 saturated heterocycles. The molecule has 0 aliphatic rings. The third-order valence-electron chi connectivity index (χ3n) is 2.39.